The number of hydrogen-bond donors (Lipinski definition) is 1. The second-order valence-electron chi connectivity index (χ2n) is 6.27. The molecule has 19 heavy (non-hydrogen) atoms. The third-order valence-electron chi connectivity index (χ3n) is 4.63. The Morgan fingerprint density at radius 1 is 1.32 bits per heavy atom. The molecule has 2 atom stereocenters. The van der Waals surface area contributed by atoms with Crippen molar-refractivity contribution in [1.29, 1.82) is 5.41 Å². The molecule has 1 saturated heterocycles. The first-order valence-corrected chi connectivity index (χ1v) is 7.74. The predicted molar refractivity (Wildman–Crippen MR) is 78.8 cm³/mol. The van der Waals surface area contributed by atoms with Crippen LogP contribution >= 0.6 is 0 Å². The molecule has 1 heterocycles. The second-order valence-corrected chi connectivity index (χ2v) is 6.27. The Kier molecular flexibility index (Phi) is 4.85. The van der Waals surface area contributed by atoms with Gasteiger partial charge < -0.3 is 14.5 Å². The van der Waals surface area contributed by atoms with Crippen molar-refractivity contribution in [2.24, 2.45) is 5.92 Å². The number of rotatable bonds is 3. The van der Waals surface area contributed by atoms with Gasteiger partial charge in [-0.25, -0.2) is 0 Å². The number of nitrogens with zero attached hydrogens (tertiary/aromatic N) is 2. The standard InChI is InChI=1S/C15H29N3O/c1-4-19-15(7-5-6-13(2)12-15)14(16)18-10-8-17(3)9-11-18/h13,16H,4-12H2,1-3H3. The minimum absolute atomic E-state index is 0.303. The maximum Gasteiger partial charge on any atom is 0.129 e. The van der Waals surface area contributed by atoms with Gasteiger partial charge in [0, 0.05) is 32.8 Å². The van der Waals surface area contributed by atoms with Crippen LogP contribution in [0.5, 0.6) is 0 Å². The van der Waals surface area contributed by atoms with Crippen molar-refractivity contribution >= 4 is 5.84 Å². The molecule has 4 nitrogen and oxygen atoms in total. The lowest BCUT2D eigenvalue weighted by atomic mass is 9.77. The lowest BCUT2D eigenvalue weighted by Crippen LogP contribution is -2.57. The van der Waals surface area contributed by atoms with Gasteiger partial charge in [-0.3, -0.25) is 5.41 Å². The van der Waals surface area contributed by atoms with Gasteiger partial charge in [0.2, 0.25) is 0 Å². The van der Waals surface area contributed by atoms with E-state index in [1.165, 1.54) is 12.8 Å². The van der Waals surface area contributed by atoms with E-state index in [4.69, 9.17) is 10.1 Å². The first-order chi connectivity index (χ1) is 9.07. The lowest BCUT2D eigenvalue weighted by molar-refractivity contribution is -0.0340. The molecule has 1 aliphatic heterocycles. The number of likely N-dealkylation sites (N-methyl/N-ethyl adjacent to an activating group) is 1. The number of hydrogen-bond acceptors (Lipinski definition) is 3. The molecule has 2 aliphatic rings. The summed E-state index contributed by atoms with van der Waals surface area (Å²) in [6.07, 6.45) is 4.52. The van der Waals surface area contributed by atoms with E-state index in [1.54, 1.807) is 0 Å². The fourth-order valence-electron chi connectivity index (χ4n) is 3.51. The van der Waals surface area contributed by atoms with Crippen molar-refractivity contribution in [1.82, 2.24) is 9.80 Å². The molecule has 2 fully saturated rings. The summed E-state index contributed by atoms with van der Waals surface area (Å²) in [4.78, 5) is 4.58. The fourth-order valence-corrected chi connectivity index (χ4v) is 3.51. The summed E-state index contributed by atoms with van der Waals surface area (Å²) >= 11 is 0. The Morgan fingerprint density at radius 3 is 2.58 bits per heavy atom. The molecular weight excluding hydrogens is 238 g/mol. The van der Waals surface area contributed by atoms with Gasteiger partial charge >= 0.3 is 0 Å². The van der Waals surface area contributed by atoms with E-state index in [0.717, 1.165) is 44.9 Å². The van der Waals surface area contributed by atoms with E-state index in [-0.39, 0.29) is 5.60 Å². The predicted octanol–water partition coefficient (Wildman–Crippen LogP) is 2.20. The molecule has 1 saturated carbocycles. The second kappa shape index (κ2) is 6.23. The van der Waals surface area contributed by atoms with E-state index in [9.17, 15) is 0 Å². The highest BCUT2D eigenvalue weighted by atomic mass is 16.5. The van der Waals surface area contributed by atoms with Gasteiger partial charge in [0.15, 0.2) is 0 Å². The van der Waals surface area contributed by atoms with Gasteiger partial charge in [-0.2, -0.15) is 0 Å². The van der Waals surface area contributed by atoms with Gasteiger partial charge in [-0.05, 0) is 39.2 Å². The molecule has 0 aromatic heterocycles. The molecular formula is C15H29N3O. The van der Waals surface area contributed by atoms with Gasteiger partial charge in [-0.15, -0.1) is 0 Å². The smallest absolute Gasteiger partial charge is 0.129 e. The van der Waals surface area contributed by atoms with Crippen LogP contribution in [0.25, 0.3) is 0 Å². The highest BCUT2D eigenvalue weighted by molar-refractivity contribution is 5.88. The van der Waals surface area contributed by atoms with Crippen molar-refractivity contribution in [3.8, 4) is 0 Å². The van der Waals surface area contributed by atoms with E-state index in [0.29, 0.717) is 12.5 Å². The summed E-state index contributed by atoms with van der Waals surface area (Å²) in [5.41, 5.74) is -0.303. The molecule has 0 bridgehead atoms. The van der Waals surface area contributed by atoms with Crippen LogP contribution in [0.1, 0.15) is 39.5 Å². The monoisotopic (exact) mass is 267 g/mol. The number of ether oxygens (including phenoxy) is 1. The molecule has 4 heteroatoms. The molecule has 2 unspecified atom stereocenters. The van der Waals surface area contributed by atoms with Crippen LogP contribution in [0, 0.1) is 11.3 Å². The van der Waals surface area contributed by atoms with Crippen LogP contribution in [-0.4, -0.2) is 61.1 Å². The van der Waals surface area contributed by atoms with Crippen LogP contribution < -0.4 is 0 Å². The number of amidine groups is 1. The molecule has 0 aromatic carbocycles. The largest absolute Gasteiger partial charge is 0.367 e. The molecule has 0 amide bonds. The van der Waals surface area contributed by atoms with Gasteiger partial charge in [0.25, 0.3) is 0 Å². The Hall–Kier alpha value is -0.610. The van der Waals surface area contributed by atoms with Crippen LogP contribution in [-0.2, 0) is 4.74 Å². The summed E-state index contributed by atoms with van der Waals surface area (Å²) in [6, 6.07) is 0. The normalized spacial score (nSPS) is 33.4. The van der Waals surface area contributed by atoms with Gasteiger partial charge in [-0.1, -0.05) is 13.3 Å². The molecule has 110 valence electrons. The van der Waals surface area contributed by atoms with Crippen LogP contribution in [0.3, 0.4) is 0 Å². The first-order valence-electron chi connectivity index (χ1n) is 7.74. The lowest BCUT2D eigenvalue weighted by Gasteiger charge is -2.45. The molecule has 1 N–H and O–H groups in total. The molecule has 1 aliphatic carbocycles. The highest BCUT2D eigenvalue weighted by Gasteiger charge is 2.42. The zero-order valence-electron chi connectivity index (χ0n) is 12.7. The first kappa shape index (κ1) is 14.8. The fraction of sp³-hybridized carbons (Fsp3) is 0.933. The van der Waals surface area contributed by atoms with E-state index in [2.05, 4.69) is 30.7 Å². The Morgan fingerprint density at radius 2 is 2.00 bits per heavy atom. The summed E-state index contributed by atoms with van der Waals surface area (Å²) < 4.78 is 6.10. The minimum Gasteiger partial charge on any atom is -0.367 e. The summed E-state index contributed by atoms with van der Waals surface area (Å²) in [7, 11) is 2.15. The Labute approximate surface area is 117 Å². The summed E-state index contributed by atoms with van der Waals surface area (Å²) in [5, 5.41) is 8.67. The molecule has 0 radical (unpaired) electrons. The third-order valence-corrected chi connectivity index (χ3v) is 4.63. The topological polar surface area (TPSA) is 39.6 Å². The molecule has 0 spiro atoms. The van der Waals surface area contributed by atoms with Crippen molar-refractivity contribution < 1.29 is 4.74 Å². The van der Waals surface area contributed by atoms with Crippen LogP contribution in [0.4, 0.5) is 0 Å². The quantitative estimate of drug-likeness (QED) is 0.629. The van der Waals surface area contributed by atoms with E-state index < -0.39 is 0 Å². The van der Waals surface area contributed by atoms with Crippen LogP contribution in [0.15, 0.2) is 0 Å². The van der Waals surface area contributed by atoms with Crippen LogP contribution in [0.2, 0.25) is 0 Å². The van der Waals surface area contributed by atoms with Crippen molar-refractivity contribution in [3.05, 3.63) is 0 Å². The summed E-state index contributed by atoms with van der Waals surface area (Å²) in [5.74, 6) is 1.42. The average molecular weight is 267 g/mol. The maximum absolute atomic E-state index is 8.67. The van der Waals surface area contributed by atoms with Gasteiger partial charge in [0.05, 0.1) is 0 Å². The van der Waals surface area contributed by atoms with Crippen molar-refractivity contribution in [2.75, 3.05) is 39.8 Å². The Balaban J connectivity index is 2.07. The molecule has 2 rings (SSSR count). The number of piperazine rings is 1. The summed E-state index contributed by atoms with van der Waals surface area (Å²) in [6.45, 7) is 9.11. The van der Waals surface area contributed by atoms with Gasteiger partial charge in [0.1, 0.15) is 11.4 Å². The number of nitrogens with one attached hydrogen (secondary N) is 1. The highest BCUT2D eigenvalue weighted by Crippen LogP contribution is 2.37. The average Bonchev–Trinajstić information content (AvgIpc) is 2.39. The van der Waals surface area contributed by atoms with E-state index in [1.807, 2.05) is 0 Å². The third kappa shape index (κ3) is 3.29. The van der Waals surface area contributed by atoms with Crippen molar-refractivity contribution in [3.63, 3.8) is 0 Å². The molecule has 0 aromatic rings. The van der Waals surface area contributed by atoms with Crippen molar-refractivity contribution in [2.45, 2.75) is 45.1 Å². The zero-order chi connectivity index (χ0) is 13.9. The minimum atomic E-state index is -0.303. The van der Waals surface area contributed by atoms with E-state index >= 15 is 0 Å². The SMILES string of the molecule is CCOC1(C(=N)N2CCN(C)CC2)CCCC(C)C1. The maximum atomic E-state index is 8.67. The Bertz CT molecular complexity index is 309. The zero-order valence-corrected chi connectivity index (χ0v) is 12.7.